The number of anilines is 4. The molecule has 0 spiro atoms. The maximum atomic E-state index is 13.0. The van der Waals surface area contributed by atoms with Gasteiger partial charge in [-0.25, -0.2) is 8.42 Å². The maximum absolute atomic E-state index is 13.0. The molecule has 1 aliphatic heterocycles. The number of amides is 1. The van der Waals surface area contributed by atoms with Gasteiger partial charge in [0.05, 0.1) is 52.3 Å². The van der Waals surface area contributed by atoms with Crippen molar-refractivity contribution in [3.8, 4) is 5.75 Å². The molecule has 3 N–H and O–H groups in total. The molecule has 2 aromatic heterocycles. The molecule has 0 unspecified atom stereocenters. The summed E-state index contributed by atoms with van der Waals surface area (Å²) in [5.41, 5.74) is 1.82. The number of ether oxygens (including phenoxy) is 2. The van der Waals surface area contributed by atoms with E-state index in [-0.39, 0.29) is 16.8 Å². The summed E-state index contributed by atoms with van der Waals surface area (Å²) >= 11 is 6.44. The molecule has 1 fully saturated rings. The van der Waals surface area contributed by atoms with Gasteiger partial charge in [0, 0.05) is 24.8 Å². The molecule has 0 atom stereocenters. The van der Waals surface area contributed by atoms with Crippen molar-refractivity contribution in [3.63, 3.8) is 0 Å². The number of rotatable bonds is 8. The molecule has 0 bridgehead atoms. The van der Waals surface area contributed by atoms with E-state index in [4.69, 9.17) is 21.1 Å². The van der Waals surface area contributed by atoms with Crippen molar-refractivity contribution in [2.24, 2.45) is 0 Å². The number of nitrogens with one attached hydrogen (secondary N) is 3. The van der Waals surface area contributed by atoms with E-state index in [1.165, 1.54) is 7.11 Å². The summed E-state index contributed by atoms with van der Waals surface area (Å²) in [7, 11) is -2.07. The van der Waals surface area contributed by atoms with E-state index in [0.29, 0.717) is 70.9 Å². The fraction of sp³-hybridized carbons (Fsp3) is 0.296. The summed E-state index contributed by atoms with van der Waals surface area (Å²) in [5.74, 6) is 0.829. The molecule has 4 aromatic rings. The summed E-state index contributed by atoms with van der Waals surface area (Å²) in [4.78, 5) is 27.0. The van der Waals surface area contributed by atoms with Gasteiger partial charge in [0.15, 0.2) is 9.84 Å². The lowest BCUT2D eigenvalue weighted by molar-refractivity contribution is 0.0302. The number of carbonyl (C=O) groups excluding carboxylic acids is 1. The summed E-state index contributed by atoms with van der Waals surface area (Å²) in [6.45, 7) is 5.35. The molecule has 1 amide bonds. The molecule has 3 heterocycles. The molecule has 0 saturated carbocycles. The second-order valence-corrected chi connectivity index (χ2v) is 12.3. The number of nitrogens with zero attached hydrogens (tertiary/aromatic N) is 3. The van der Waals surface area contributed by atoms with Crippen LogP contribution in [0.5, 0.6) is 5.75 Å². The number of benzene rings is 2. The van der Waals surface area contributed by atoms with E-state index in [1.807, 2.05) is 0 Å². The minimum absolute atomic E-state index is 0.103. The summed E-state index contributed by atoms with van der Waals surface area (Å²) in [5, 5.41) is 6.56. The Morgan fingerprint density at radius 1 is 1.10 bits per heavy atom. The first-order valence-electron chi connectivity index (χ1n) is 12.7. The van der Waals surface area contributed by atoms with Gasteiger partial charge in [0.25, 0.3) is 5.91 Å². The first kappa shape index (κ1) is 27.7. The monoisotopic (exact) mass is 584 g/mol. The molecule has 5 rings (SSSR count). The maximum Gasteiger partial charge on any atom is 0.254 e. The van der Waals surface area contributed by atoms with Crippen molar-refractivity contribution >= 4 is 61.5 Å². The second-order valence-electron chi connectivity index (χ2n) is 9.42. The largest absolute Gasteiger partial charge is 0.495 e. The van der Waals surface area contributed by atoms with Gasteiger partial charge >= 0.3 is 0 Å². The quantitative estimate of drug-likeness (QED) is 0.267. The average molecular weight is 585 g/mol. The van der Waals surface area contributed by atoms with E-state index in [2.05, 4.69) is 25.6 Å². The Morgan fingerprint density at radius 3 is 2.58 bits per heavy atom. The van der Waals surface area contributed by atoms with Crippen LogP contribution in [0.25, 0.3) is 11.0 Å². The Kier molecular flexibility index (Phi) is 7.83. The van der Waals surface area contributed by atoms with Crippen molar-refractivity contribution in [3.05, 3.63) is 59.2 Å². The highest BCUT2D eigenvalue weighted by Gasteiger charge is 2.24. The van der Waals surface area contributed by atoms with Crippen LogP contribution in [-0.4, -0.2) is 72.8 Å². The van der Waals surface area contributed by atoms with E-state index < -0.39 is 15.1 Å². The fourth-order valence-corrected chi connectivity index (χ4v) is 5.77. The normalized spacial score (nSPS) is 14.0. The summed E-state index contributed by atoms with van der Waals surface area (Å²) < 4.78 is 36.9. The zero-order valence-electron chi connectivity index (χ0n) is 22.2. The lowest BCUT2D eigenvalue weighted by Crippen LogP contribution is -2.40. The highest BCUT2D eigenvalue weighted by atomic mass is 35.5. The predicted molar refractivity (Wildman–Crippen MR) is 154 cm³/mol. The van der Waals surface area contributed by atoms with E-state index in [9.17, 15) is 13.2 Å². The number of H-pyrrole nitrogens is 1. The van der Waals surface area contributed by atoms with E-state index in [1.54, 1.807) is 67.4 Å². The number of morpholine rings is 1. The third-order valence-electron chi connectivity index (χ3n) is 6.54. The predicted octanol–water partition coefficient (Wildman–Crippen LogP) is 4.76. The number of hydrogen-bond donors (Lipinski definition) is 3. The van der Waals surface area contributed by atoms with Gasteiger partial charge < -0.3 is 30.0 Å². The second kappa shape index (κ2) is 11.3. The van der Waals surface area contributed by atoms with Crippen molar-refractivity contribution in [2.75, 3.05) is 44.0 Å². The van der Waals surface area contributed by atoms with Gasteiger partial charge in [-0.15, -0.1) is 0 Å². The zero-order valence-corrected chi connectivity index (χ0v) is 23.8. The number of para-hydroxylation sites is 1. The Balaban J connectivity index is 1.49. The Morgan fingerprint density at radius 2 is 1.85 bits per heavy atom. The van der Waals surface area contributed by atoms with Crippen LogP contribution in [0.2, 0.25) is 5.02 Å². The molecule has 0 radical (unpaired) electrons. The van der Waals surface area contributed by atoms with Crippen LogP contribution in [0.15, 0.2) is 53.6 Å². The van der Waals surface area contributed by atoms with Gasteiger partial charge in [-0.1, -0.05) is 23.7 Å². The third kappa shape index (κ3) is 5.42. The van der Waals surface area contributed by atoms with Gasteiger partial charge in [-0.05, 0) is 44.2 Å². The van der Waals surface area contributed by atoms with Crippen LogP contribution in [0.3, 0.4) is 0 Å². The van der Waals surface area contributed by atoms with Gasteiger partial charge in [-0.2, -0.15) is 9.97 Å². The molecule has 1 saturated heterocycles. The zero-order chi connectivity index (χ0) is 28.4. The van der Waals surface area contributed by atoms with Crippen LogP contribution in [0.1, 0.15) is 24.2 Å². The minimum atomic E-state index is -3.58. The number of methoxy groups -OCH3 is 1. The van der Waals surface area contributed by atoms with Crippen LogP contribution >= 0.6 is 11.6 Å². The average Bonchev–Trinajstić information content (AvgIpc) is 3.34. The number of sulfone groups is 1. The number of aromatic amines is 1. The number of hydrogen-bond acceptors (Lipinski definition) is 9. The Bertz CT molecular complexity index is 1670. The standard InChI is InChI=1S/C27H29ClN6O5S/c1-16(2)40(36,37)22-7-5-4-6-20(22)30-25-23-18(28)15-29-24(23)32-27(33-25)31-19-9-8-17(14-21(19)38-3)26(35)34-10-12-39-13-11-34/h4-9,14-16H,10-13H2,1-3H3,(H3,29,30,31,32,33). The van der Waals surface area contributed by atoms with Crippen molar-refractivity contribution in [2.45, 2.75) is 24.0 Å². The molecule has 13 heteroatoms. The highest BCUT2D eigenvalue weighted by molar-refractivity contribution is 7.92. The summed E-state index contributed by atoms with van der Waals surface area (Å²) in [6, 6.07) is 11.7. The van der Waals surface area contributed by atoms with Gasteiger partial charge in [0.1, 0.15) is 17.2 Å². The van der Waals surface area contributed by atoms with Crippen molar-refractivity contribution in [1.82, 2.24) is 19.9 Å². The van der Waals surface area contributed by atoms with Crippen LogP contribution in [0.4, 0.5) is 23.1 Å². The number of fused-ring (bicyclic) bond motifs is 1. The van der Waals surface area contributed by atoms with E-state index in [0.717, 1.165) is 0 Å². The van der Waals surface area contributed by atoms with E-state index >= 15 is 0 Å². The first-order valence-corrected chi connectivity index (χ1v) is 14.6. The van der Waals surface area contributed by atoms with Crippen LogP contribution in [-0.2, 0) is 14.6 Å². The number of aromatic nitrogens is 3. The molecule has 40 heavy (non-hydrogen) atoms. The molecular weight excluding hydrogens is 556 g/mol. The molecule has 210 valence electrons. The lowest BCUT2D eigenvalue weighted by Gasteiger charge is -2.27. The topological polar surface area (TPSA) is 139 Å². The SMILES string of the molecule is COc1cc(C(=O)N2CCOCC2)ccc1Nc1nc(Nc2ccccc2S(=O)(=O)C(C)C)c2c(Cl)c[nH]c2n1. The minimum Gasteiger partial charge on any atom is -0.495 e. The summed E-state index contributed by atoms with van der Waals surface area (Å²) in [6.07, 6.45) is 1.58. The molecule has 1 aliphatic rings. The smallest absolute Gasteiger partial charge is 0.254 e. The van der Waals surface area contributed by atoms with Crippen molar-refractivity contribution < 1.29 is 22.7 Å². The molecule has 0 aliphatic carbocycles. The molecular formula is C27H29ClN6O5S. The molecule has 2 aromatic carbocycles. The van der Waals surface area contributed by atoms with Gasteiger partial charge in [-0.3, -0.25) is 4.79 Å². The fourth-order valence-electron chi connectivity index (χ4n) is 4.34. The molecule has 11 nitrogen and oxygen atoms in total. The number of halogens is 1. The first-order chi connectivity index (χ1) is 19.2. The van der Waals surface area contributed by atoms with Crippen molar-refractivity contribution in [1.29, 1.82) is 0 Å². The van der Waals surface area contributed by atoms with Gasteiger partial charge in [0.2, 0.25) is 5.95 Å². The Hall–Kier alpha value is -3.87. The Labute approximate surface area is 236 Å². The third-order valence-corrected chi connectivity index (χ3v) is 9.05. The van der Waals surface area contributed by atoms with Crippen LogP contribution < -0.4 is 15.4 Å². The highest BCUT2D eigenvalue weighted by Crippen LogP contribution is 2.35. The number of carbonyl (C=O) groups is 1. The van der Waals surface area contributed by atoms with Crippen LogP contribution in [0, 0.1) is 0 Å². The lowest BCUT2D eigenvalue weighted by atomic mass is 10.1.